The van der Waals surface area contributed by atoms with Gasteiger partial charge in [-0.25, -0.2) is 0 Å². The van der Waals surface area contributed by atoms with E-state index >= 15 is 0 Å². The van der Waals surface area contributed by atoms with Gasteiger partial charge in [-0.3, -0.25) is 4.79 Å². The van der Waals surface area contributed by atoms with Crippen LogP contribution in [0.3, 0.4) is 0 Å². The first-order chi connectivity index (χ1) is 7.22. The van der Waals surface area contributed by atoms with E-state index in [2.05, 4.69) is 0 Å². The van der Waals surface area contributed by atoms with Gasteiger partial charge in [0.15, 0.2) is 0 Å². The molecule has 15 heavy (non-hydrogen) atoms. The third kappa shape index (κ3) is 4.61. The molecule has 0 saturated carbocycles. The molecule has 1 aromatic rings. The molecule has 82 valence electrons. The van der Waals surface area contributed by atoms with Crippen molar-refractivity contribution in [3.8, 4) is 0 Å². The zero-order valence-corrected chi connectivity index (χ0v) is 8.85. The number of esters is 1. The lowest BCUT2D eigenvalue weighted by molar-refractivity contribution is -0.145. The van der Waals surface area contributed by atoms with Crippen molar-refractivity contribution in [1.29, 1.82) is 0 Å². The maximum Gasteiger partial charge on any atom is 0.308 e. The quantitative estimate of drug-likeness (QED) is 0.747. The molecule has 0 fully saturated rings. The fourth-order valence-electron chi connectivity index (χ4n) is 1.37. The van der Waals surface area contributed by atoms with Crippen LogP contribution in [0.25, 0.3) is 0 Å². The summed E-state index contributed by atoms with van der Waals surface area (Å²) < 4.78 is 4.75. The Balaban J connectivity index is 2.36. The highest BCUT2D eigenvalue weighted by molar-refractivity contribution is 5.69. The molecule has 1 N–H and O–H groups in total. The average Bonchev–Trinajstić information content (AvgIpc) is 2.19. The third-order valence-corrected chi connectivity index (χ3v) is 2.02. The van der Waals surface area contributed by atoms with Crippen LogP contribution in [0.4, 0.5) is 0 Å². The number of aliphatic hydroxyl groups excluding tert-OH is 1. The number of hydrogen-bond acceptors (Lipinski definition) is 3. The first-order valence-electron chi connectivity index (χ1n) is 5.10. The number of hydrogen-bond donors (Lipinski definition) is 1. The summed E-state index contributed by atoms with van der Waals surface area (Å²) in [7, 11) is 0. The van der Waals surface area contributed by atoms with Crippen LogP contribution >= 0.6 is 0 Å². The van der Waals surface area contributed by atoms with Crippen LogP contribution in [-0.4, -0.2) is 23.8 Å². The van der Waals surface area contributed by atoms with E-state index in [0.717, 1.165) is 5.56 Å². The summed E-state index contributed by atoms with van der Waals surface area (Å²) in [6, 6.07) is 9.59. The number of carbonyl (C=O) groups excluding carboxylic acids is 1. The molecule has 0 aliphatic rings. The first-order valence-corrected chi connectivity index (χ1v) is 5.10. The molecule has 0 aromatic heterocycles. The summed E-state index contributed by atoms with van der Waals surface area (Å²) in [6.45, 7) is 2.11. The Morgan fingerprint density at radius 1 is 1.40 bits per heavy atom. The van der Waals surface area contributed by atoms with Crippen LogP contribution < -0.4 is 0 Å². The Bertz CT molecular complexity index is 295. The Morgan fingerprint density at radius 3 is 2.67 bits per heavy atom. The SMILES string of the molecule is CCOC(=O)C[C@H](O)Cc1ccccc1. The smallest absolute Gasteiger partial charge is 0.308 e. The summed E-state index contributed by atoms with van der Waals surface area (Å²) in [4.78, 5) is 11.1. The molecule has 0 heterocycles. The fraction of sp³-hybridized carbons (Fsp3) is 0.417. The molecule has 0 aliphatic carbocycles. The maximum atomic E-state index is 11.1. The number of aliphatic hydroxyl groups is 1. The van der Waals surface area contributed by atoms with E-state index in [0.29, 0.717) is 13.0 Å². The van der Waals surface area contributed by atoms with Crippen LogP contribution in [0.5, 0.6) is 0 Å². The molecule has 0 saturated heterocycles. The summed E-state index contributed by atoms with van der Waals surface area (Å²) in [5.41, 5.74) is 1.02. The van der Waals surface area contributed by atoms with E-state index in [1.165, 1.54) is 0 Å². The molecule has 0 amide bonds. The van der Waals surface area contributed by atoms with E-state index in [4.69, 9.17) is 4.74 Å². The van der Waals surface area contributed by atoms with Gasteiger partial charge in [-0.05, 0) is 18.9 Å². The monoisotopic (exact) mass is 208 g/mol. The summed E-state index contributed by atoms with van der Waals surface area (Å²) in [5.74, 6) is -0.346. The lowest BCUT2D eigenvalue weighted by Crippen LogP contribution is -2.17. The van der Waals surface area contributed by atoms with E-state index in [-0.39, 0.29) is 12.4 Å². The molecule has 0 spiro atoms. The molecular formula is C12H16O3. The van der Waals surface area contributed by atoms with Crippen LogP contribution in [-0.2, 0) is 16.0 Å². The molecule has 0 unspecified atom stereocenters. The van der Waals surface area contributed by atoms with Crippen molar-refractivity contribution in [1.82, 2.24) is 0 Å². The average molecular weight is 208 g/mol. The fourth-order valence-corrected chi connectivity index (χ4v) is 1.37. The van der Waals surface area contributed by atoms with Crippen LogP contribution in [0.1, 0.15) is 18.9 Å². The van der Waals surface area contributed by atoms with Crippen LogP contribution in [0, 0.1) is 0 Å². The predicted molar refractivity (Wildman–Crippen MR) is 57.4 cm³/mol. The molecule has 0 bridgehead atoms. The molecule has 1 rings (SSSR count). The highest BCUT2D eigenvalue weighted by atomic mass is 16.5. The van der Waals surface area contributed by atoms with E-state index in [1.54, 1.807) is 6.92 Å². The highest BCUT2D eigenvalue weighted by Gasteiger charge is 2.11. The molecule has 1 atom stereocenters. The zero-order valence-electron chi connectivity index (χ0n) is 8.85. The minimum absolute atomic E-state index is 0.0583. The van der Waals surface area contributed by atoms with Gasteiger partial charge in [0.2, 0.25) is 0 Å². The number of rotatable bonds is 5. The maximum absolute atomic E-state index is 11.1. The Hall–Kier alpha value is -1.35. The highest BCUT2D eigenvalue weighted by Crippen LogP contribution is 2.06. The predicted octanol–water partition coefficient (Wildman–Crippen LogP) is 1.54. The molecule has 3 heteroatoms. The first kappa shape index (κ1) is 11.7. The second-order valence-electron chi connectivity index (χ2n) is 3.35. The van der Waals surface area contributed by atoms with Gasteiger partial charge in [-0.15, -0.1) is 0 Å². The number of carbonyl (C=O) groups is 1. The lowest BCUT2D eigenvalue weighted by atomic mass is 10.1. The number of benzene rings is 1. The van der Waals surface area contributed by atoms with Gasteiger partial charge < -0.3 is 9.84 Å². The Kier molecular flexibility index (Phi) is 4.84. The van der Waals surface area contributed by atoms with Crippen molar-refractivity contribution in [2.45, 2.75) is 25.9 Å². The summed E-state index contributed by atoms with van der Waals surface area (Å²) in [6.07, 6.45) is -0.117. The van der Waals surface area contributed by atoms with Gasteiger partial charge in [0, 0.05) is 0 Å². The Morgan fingerprint density at radius 2 is 2.07 bits per heavy atom. The largest absolute Gasteiger partial charge is 0.466 e. The topological polar surface area (TPSA) is 46.5 Å². The van der Waals surface area contributed by atoms with E-state index in [9.17, 15) is 9.90 Å². The standard InChI is InChI=1S/C12H16O3/c1-2-15-12(14)9-11(13)8-10-6-4-3-5-7-10/h3-7,11,13H,2,8-9H2,1H3/t11-/m1/s1. The van der Waals surface area contributed by atoms with Crippen molar-refractivity contribution in [2.75, 3.05) is 6.61 Å². The van der Waals surface area contributed by atoms with Gasteiger partial charge in [0.05, 0.1) is 19.1 Å². The van der Waals surface area contributed by atoms with Gasteiger partial charge in [-0.1, -0.05) is 30.3 Å². The molecular weight excluding hydrogens is 192 g/mol. The lowest BCUT2D eigenvalue weighted by Gasteiger charge is -2.09. The van der Waals surface area contributed by atoms with Gasteiger partial charge in [0.1, 0.15) is 0 Å². The van der Waals surface area contributed by atoms with Crippen LogP contribution in [0.15, 0.2) is 30.3 Å². The van der Waals surface area contributed by atoms with Crippen molar-refractivity contribution in [2.24, 2.45) is 0 Å². The van der Waals surface area contributed by atoms with Crippen molar-refractivity contribution < 1.29 is 14.6 Å². The van der Waals surface area contributed by atoms with Crippen molar-refractivity contribution in [3.05, 3.63) is 35.9 Å². The van der Waals surface area contributed by atoms with Crippen molar-refractivity contribution in [3.63, 3.8) is 0 Å². The second kappa shape index (κ2) is 6.19. The van der Waals surface area contributed by atoms with Gasteiger partial charge in [0.25, 0.3) is 0 Å². The number of ether oxygens (including phenoxy) is 1. The summed E-state index contributed by atoms with van der Waals surface area (Å²) >= 11 is 0. The minimum atomic E-state index is -0.661. The second-order valence-corrected chi connectivity index (χ2v) is 3.35. The van der Waals surface area contributed by atoms with E-state index < -0.39 is 6.10 Å². The Labute approximate surface area is 89.7 Å². The normalized spacial score (nSPS) is 12.1. The van der Waals surface area contributed by atoms with Gasteiger partial charge >= 0.3 is 5.97 Å². The summed E-state index contributed by atoms with van der Waals surface area (Å²) in [5, 5.41) is 9.60. The molecule has 1 aromatic carbocycles. The van der Waals surface area contributed by atoms with Gasteiger partial charge in [-0.2, -0.15) is 0 Å². The van der Waals surface area contributed by atoms with E-state index in [1.807, 2.05) is 30.3 Å². The molecule has 0 aliphatic heterocycles. The van der Waals surface area contributed by atoms with Crippen molar-refractivity contribution >= 4 is 5.97 Å². The van der Waals surface area contributed by atoms with Crippen LogP contribution in [0.2, 0.25) is 0 Å². The molecule has 0 radical (unpaired) electrons. The minimum Gasteiger partial charge on any atom is -0.466 e. The zero-order chi connectivity index (χ0) is 11.1. The molecule has 3 nitrogen and oxygen atoms in total. The third-order valence-electron chi connectivity index (χ3n) is 2.02.